The molecule has 1 aliphatic rings. The van der Waals surface area contributed by atoms with Gasteiger partial charge in [0.1, 0.15) is 5.82 Å². The maximum atomic E-state index is 13.9. The number of nitrogens with one attached hydrogen (secondary N) is 2. The van der Waals surface area contributed by atoms with Crippen molar-refractivity contribution in [3.8, 4) is 0 Å². The molecule has 1 atom stereocenters. The van der Waals surface area contributed by atoms with E-state index in [1.54, 1.807) is 29.5 Å². The highest BCUT2D eigenvalue weighted by Crippen LogP contribution is 2.29. The van der Waals surface area contributed by atoms with Crippen molar-refractivity contribution in [3.05, 3.63) is 58.0 Å². The predicted molar refractivity (Wildman–Crippen MR) is 97.0 cm³/mol. The zero-order chi connectivity index (χ0) is 17.7. The summed E-state index contributed by atoms with van der Waals surface area (Å²) in [6.45, 7) is 1.53. The van der Waals surface area contributed by atoms with Crippen LogP contribution in [0.1, 0.15) is 11.1 Å². The molecule has 1 aromatic heterocycles. The molecule has 1 fully saturated rings. The highest BCUT2D eigenvalue weighted by molar-refractivity contribution is 7.07. The maximum absolute atomic E-state index is 13.9. The number of benzene rings is 1. The van der Waals surface area contributed by atoms with Gasteiger partial charge in [0.15, 0.2) is 0 Å². The van der Waals surface area contributed by atoms with Crippen LogP contribution in [0.4, 0.5) is 4.39 Å². The van der Waals surface area contributed by atoms with Crippen molar-refractivity contribution >= 4 is 17.2 Å². The van der Waals surface area contributed by atoms with Gasteiger partial charge in [-0.2, -0.15) is 11.3 Å². The van der Waals surface area contributed by atoms with Crippen LogP contribution in [-0.2, 0) is 17.6 Å². The van der Waals surface area contributed by atoms with Gasteiger partial charge in [0.05, 0.1) is 5.41 Å². The smallest absolute Gasteiger partial charge is 0.229 e. The zero-order valence-corrected chi connectivity index (χ0v) is 14.8. The molecule has 1 saturated heterocycles. The molecule has 0 bridgehead atoms. The standard InChI is InChI=1S/C19H23FN2O2S/c20-17-4-2-1-3-16(17)8-19(12-21-13-19)18(24)22-9-15(10-23)7-14-5-6-25-11-14/h1-6,11,15,21,23H,7-10,12-13H2,(H,22,24). The molecule has 4 nitrogen and oxygen atoms in total. The lowest BCUT2D eigenvalue weighted by molar-refractivity contribution is -0.134. The lowest BCUT2D eigenvalue weighted by Gasteiger charge is -2.41. The topological polar surface area (TPSA) is 61.4 Å². The molecule has 1 unspecified atom stereocenters. The number of hydrogen-bond acceptors (Lipinski definition) is 4. The summed E-state index contributed by atoms with van der Waals surface area (Å²) < 4.78 is 13.9. The lowest BCUT2D eigenvalue weighted by atomic mass is 9.75. The van der Waals surface area contributed by atoms with Crippen LogP contribution in [0.2, 0.25) is 0 Å². The van der Waals surface area contributed by atoms with Gasteiger partial charge in [0, 0.05) is 32.2 Å². The summed E-state index contributed by atoms with van der Waals surface area (Å²) in [6.07, 6.45) is 1.12. The van der Waals surface area contributed by atoms with E-state index in [2.05, 4.69) is 16.0 Å². The van der Waals surface area contributed by atoms with Crippen LogP contribution in [-0.4, -0.2) is 37.3 Å². The van der Waals surface area contributed by atoms with Crippen LogP contribution in [0.5, 0.6) is 0 Å². The van der Waals surface area contributed by atoms with Crippen LogP contribution < -0.4 is 10.6 Å². The van der Waals surface area contributed by atoms with Crippen molar-refractivity contribution in [2.45, 2.75) is 12.8 Å². The molecule has 2 heterocycles. The number of carbonyl (C=O) groups is 1. The molecule has 1 amide bonds. The average molecular weight is 362 g/mol. The van der Waals surface area contributed by atoms with Gasteiger partial charge in [-0.05, 0) is 46.9 Å². The fourth-order valence-electron chi connectivity index (χ4n) is 3.17. The Kier molecular flexibility index (Phi) is 5.83. The quantitative estimate of drug-likeness (QED) is 0.673. The van der Waals surface area contributed by atoms with E-state index in [1.807, 2.05) is 11.4 Å². The molecular formula is C19H23FN2O2S. The molecule has 0 spiro atoms. The van der Waals surface area contributed by atoms with E-state index in [4.69, 9.17) is 0 Å². The molecular weight excluding hydrogens is 339 g/mol. The molecule has 0 aliphatic carbocycles. The highest BCUT2D eigenvalue weighted by Gasteiger charge is 2.44. The number of thiophene rings is 1. The predicted octanol–water partition coefficient (Wildman–Crippen LogP) is 1.99. The van der Waals surface area contributed by atoms with Crippen LogP contribution in [0.3, 0.4) is 0 Å². The minimum atomic E-state index is -0.607. The minimum absolute atomic E-state index is 0.0166. The number of hydrogen-bond donors (Lipinski definition) is 3. The second kappa shape index (κ2) is 8.08. The fraction of sp³-hybridized carbons (Fsp3) is 0.421. The summed E-state index contributed by atoms with van der Waals surface area (Å²) in [7, 11) is 0. The normalized spacial score (nSPS) is 16.9. The summed E-state index contributed by atoms with van der Waals surface area (Å²) in [6, 6.07) is 8.63. The van der Waals surface area contributed by atoms with Crippen LogP contribution in [0.25, 0.3) is 0 Å². The first-order valence-corrected chi connectivity index (χ1v) is 9.41. The molecule has 25 heavy (non-hydrogen) atoms. The van der Waals surface area contributed by atoms with Crippen LogP contribution in [0, 0.1) is 17.2 Å². The Labute approximate surface area is 151 Å². The van der Waals surface area contributed by atoms with E-state index in [9.17, 15) is 14.3 Å². The summed E-state index contributed by atoms with van der Waals surface area (Å²) in [5.74, 6) is -0.359. The van der Waals surface area contributed by atoms with Gasteiger partial charge in [0.25, 0.3) is 0 Å². The lowest BCUT2D eigenvalue weighted by Crippen LogP contribution is -2.63. The fourth-order valence-corrected chi connectivity index (χ4v) is 3.85. The molecule has 134 valence electrons. The first-order valence-electron chi connectivity index (χ1n) is 8.47. The Hall–Kier alpha value is -1.76. The minimum Gasteiger partial charge on any atom is -0.396 e. The molecule has 3 rings (SSSR count). The molecule has 6 heteroatoms. The molecule has 3 N–H and O–H groups in total. The molecule has 1 aliphatic heterocycles. The first kappa shape index (κ1) is 18.0. The molecule has 0 saturated carbocycles. The maximum Gasteiger partial charge on any atom is 0.229 e. The highest BCUT2D eigenvalue weighted by atomic mass is 32.1. The van der Waals surface area contributed by atoms with E-state index in [0.29, 0.717) is 31.6 Å². The van der Waals surface area contributed by atoms with Crippen molar-refractivity contribution < 1.29 is 14.3 Å². The third-order valence-corrected chi connectivity index (χ3v) is 5.54. The van der Waals surface area contributed by atoms with E-state index in [0.717, 1.165) is 6.42 Å². The first-order chi connectivity index (χ1) is 12.1. The number of amides is 1. The molecule has 1 aromatic carbocycles. The van der Waals surface area contributed by atoms with Crippen LogP contribution >= 0.6 is 11.3 Å². The second-order valence-corrected chi connectivity index (χ2v) is 7.53. The number of halogens is 1. The Morgan fingerprint density at radius 1 is 1.36 bits per heavy atom. The van der Waals surface area contributed by atoms with Gasteiger partial charge >= 0.3 is 0 Å². The van der Waals surface area contributed by atoms with Gasteiger partial charge in [-0.3, -0.25) is 4.79 Å². The van der Waals surface area contributed by atoms with Gasteiger partial charge in [-0.25, -0.2) is 4.39 Å². The van der Waals surface area contributed by atoms with Crippen LogP contribution in [0.15, 0.2) is 41.1 Å². The summed E-state index contributed by atoms with van der Waals surface area (Å²) in [5, 5.41) is 19.7. The number of carbonyl (C=O) groups excluding carboxylic acids is 1. The summed E-state index contributed by atoms with van der Waals surface area (Å²) in [5.41, 5.74) is 1.13. The second-order valence-electron chi connectivity index (χ2n) is 6.75. The average Bonchev–Trinajstić information content (AvgIpc) is 3.09. The van der Waals surface area contributed by atoms with Gasteiger partial charge in [0.2, 0.25) is 5.91 Å². The zero-order valence-electron chi connectivity index (χ0n) is 14.0. The van der Waals surface area contributed by atoms with Crippen molar-refractivity contribution in [2.75, 3.05) is 26.2 Å². The Morgan fingerprint density at radius 3 is 2.76 bits per heavy atom. The van der Waals surface area contributed by atoms with Crippen molar-refractivity contribution in [3.63, 3.8) is 0 Å². The van der Waals surface area contributed by atoms with Crippen molar-refractivity contribution in [1.82, 2.24) is 10.6 Å². The van der Waals surface area contributed by atoms with E-state index >= 15 is 0 Å². The third kappa shape index (κ3) is 4.26. The Balaban J connectivity index is 1.59. The Morgan fingerprint density at radius 2 is 2.16 bits per heavy atom. The van der Waals surface area contributed by atoms with E-state index in [-0.39, 0.29) is 24.2 Å². The number of aliphatic hydroxyl groups excluding tert-OH is 1. The summed E-state index contributed by atoms with van der Waals surface area (Å²) >= 11 is 1.62. The monoisotopic (exact) mass is 362 g/mol. The van der Waals surface area contributed by atoms with Crippen molar-refractivity contribution in [1.29, 1.82) is 0 Å². The molecule has 2 aromatic rings. The SMILES string of the molecule is O=C(NCC(CO)Cc1ccsc1)C1(Cc2ccccc2F)CNC1. The van der Waals surface area contributed by atoms with E-state index < -0.39 is 5.41 Å². The van der Waals surface area contributed by atoms with Gasteiger partial charge in [-0.15, -0.1) is 0 Å². The van der Waals surface area contributed by atoms with Crippen molar-refractivity contribution in [2.24, 2.45) is 11.3 Å². The summed E-state index contributed by atoms with van der Waals surface area (Å²) in [4.78, 5) is 12.7. The number of aliphatic hydroxyl groups is 1. The Bertz CT molecular complexity index is 701. The molecule has 0 radical (unpaired) electrons. The largest absolute Gasteiger partial charge is 0.396 e. The van der Waals surface area contributed by atoms with E-state index in [1.165, 1.54) is 11.6 Å². The third-order valence-electron chi connectivity index (χ3n) is 4.81. The van der Waals surface area contributed by atoms with Gasteiger partial charge in [-0.1, -0.05) is 18.2 Å². The van der Waals surface area contributed by atoms with Gasteiger partial charge < -0.3 is 15.7 Å². The number of rotatable bonds is 8.